The van der Waals surface area contributed by atoms with Crippen molar-refractivity contribution in [3.8, 4) is 0 Å². The maximum absolute atomic E-state index is 12.5. The minimum Gasteiger partial charge on any atom is -0.748 e. The molecule has 2 aliphatic heterocycles. The fourth-order valence-corrected chi connectivity index (χ4v) is 4.28. The van der Waals surface area contributed by atoms with Crippen LogP contribution in [0, 0.1) is 0 Å². The van der Waals surface area contributed by atoms with Gasteiger partial charge in [0, 0.05) is 17.3 Å². The molecule has 3 atom stereocenters. The number of epoxide rings is 2. The predicted octanol–water partition coefficient (Wildman–Crippen LogP) is -5.75. The molecule has 2 fully saturated rings. The van der Waals surface area contributed by atoms with Crippen molar-refractivity contribution in [2.75, 3.05) is 30.5 Å². The van der Waals surface area contributed by atoms with Gasteiger partial charge in [-0.25, -0.2) is 31.9 Å². The molecule has 3 heterocycles. The summed E-state index contributed by atoms with van der Waals surface area (Å²) < 4.78 is 45.4. The van der Waals surface area contributed by atoms with Crippen molar-refractivity contribution in [1.29, 1.82) is 0 Å². The quantitative estimate of drug-likeness (QED) is 0.156. The van der Waals surface area contributed by atoms with Crippen LogP contribution in [-0.2, 0) is 39.2 Å². The fourth-order valence-electron chi connectivity index (χ4n) is 2.45. The third kappa shape index (κ3) is 7.01. The van der Waals surface area contributed by atoms with Crippen molar-refractivity contribution in [1.82, 2.24) is 13.9 Å². The predicted molar refractivity (Wildman–Crippen MR) is 90.3 cm³/mol. The zero-order chi connectivity index (χ0) is 18.9. The maximum Gasteiger partial charge on any atom is 1.00 e. The van der Waals surface area contributed by atoms with Crippen molar-refractivity contribution in [3.63, 3.8) is 0 Å². The Morgan fingerprint density at radius 2 is 1.70 bits per heavy atom. The molecule has 0 bridgehead atoms. The van der Waals surface area contributed by atoms with Gasteiger partial charge in [0.15, 0.2) is 0 Å². The first-order chi connectivity index (χ1) is 12.2. The standard InChI is InChI=1S/C13H21N3O8S2.Na/c17-9(8-25-1-2-26(20,21)22)3-15-12(18)14(4-10-6-23-10)13(19)16(15)5-11-7-24-11;/h9-11,17H,1-8H2,(H,20,21,22);/q;+1/p-1. The number of ether oxygens (including phenoxy) is 2. The molecule has 3 unspecified atom stereocenters. The van der Waals surface area contributed by atoms with Crippen molar-refractivity contribution in [2.45, 2.75) is 37.9 Å². The summed E-state index contributed by atoms with van der Waals surface area (Å²) in [4.78, 5) is 25.0. The van der Waals surface area contributed by atoms with Crippen LogP contribution >= 0.6 is 11.8 Å². The Bertz CT molecular complexity index is 856. The molecule has 11 nitrogen and oxygen atoms in total. The molecule has 0 radical (unpaired) electrons. The molecule has 0 saturated carbocycles. The third-order valence-corrected chi connectivity index (χ3v) is 6.01. The van der Waals surface area contributed by atoms with Crippen LogP contribution in [-0.4, -0.2) is 80.8 Å². The molecule has 1 N–H and O–H groups in total. The molecule has 2 saturated heterocycles. The summed E-state index contributed by atoms with van der Waals surface area (Å²) in [5, 5.41) is 10.1. The second kappa shape index (κ2) is 9.59. The molecule has 0 amide bonds. The average molecular weight is 433 g/mol. The van der Waals surface area contributed by atoms with Crippen LogP contribution in [0.1, 0.15) is 0 Å². The summed E-state index contributed by atoms with van der Waals surface area (Å²) in [6.45, 7) is 1.30. The van der Waals surface area contributed by atoms with Gasteiger partial charge in [-0.2, -0.15) is 11.8 Å². The molecule has 2 aliphatic rings. The molecule has 1 aromatic heterocycles. The number of rotatable bonds is 11. The van der Waals surface area contributed by atoms with Gasteiger partial charge in [0.05, 0.1) is 55.2 Å². The first-order valence-electron chi connectivity index (χ1n) is 8.07. The van der Waals surface area contributed by atoms with E-state index in [9.17, 15) is 27.7 Å². The van der Waals surface area contributed by atoms with Gasteiger partial charge >= 0.3 is 40.9 Å². The number of nitrogens with zero attached hydrogens (tertiary/aromatic N) is 3. The van der Waals surface area contributed by atoms with Gasteiger partial charge < -0.3 is 19.1 Å². The first kappa shape index (κ1) is 23.2. The Morgan fingerprint density at radius 1 is 1.15 bits per heavy atom. The number of hydrogen-bond donors (Lipinski definition) is 1. The normalized spacial score (nSPS) is 22.3. The number of aliphatic hydroxyl groups is 1. The Kier molecular flexibility index (Phi) is 8.22. The number of aliphatic hydroxyl groups excluding tert-OH is 1. The smallest absolute Gasteiger partial charge is 0.748 e. The molecule has 27 heavy (non-hydrogen) atoms. The number of aromatic nitrogens is 3. The number of hydrogen-bond acceptors (Lipinski definition) is 9. The molecule has 0 aromatic carbocycles. The summed E-state index contributed by atoms with van der Waals surface area (Å²) in [7, 11) is -4.29. The number of thioether (sulfide) groups is 1. The Hall–Kier alpha value is -0.120. The zero-order valence-electron chi connectivity index (χ0n) is 14.9. The van der Waals surface area contributed by atoms with Gasteiger partial charge in [0.2, 0.25) is 0 Å². The third-order valence-electron chi connectivity index (χ3n) is 3.93. The van der Waals surface area contributed by atoms with E-state index in [1.165, 1.54) is 9.36 Å². The van der Waals surface area contributed by atoms with E-state index < -0.39 is 33.4 Å². The zero-order valence-corrected chi connectivity index (χ0v) is 18.5. The van der Waals surface area contributed by atoms with Gasteiger partial charge in [-0.15, -0.1) is 0 Å². The topological polar surface area (TPSA) is 151 Å². The summed E-state index contributed by atoms with van der Waals surface area (Å²) in [6, 6.07) is 0. The average Bonchev–Trinajstić information content (AvgIpc) is 3.44. The van der Waals surface area contributed by atoms with E-state index >= 15 is 0 Å². The van der Waals surface area contributed by atoms with Crippen LogP contribution in [0.5, 0.6) is 0 Å². The first-order valence-corrected chi connectivity index (χ1v) is 10.8. The van der Waals surface area contributed by atoms with E-state index in [2.05, 4.69) is 0 Å². The molecular formula is C13H20N3NaO8S2. The summed E-state index contributed by atoms with van der Waals surface area (Å²) >= 11 is 1.09. The summed E-state index contributed by atoms with van der Waals surface area (Å²) in [6.07, 6.45) is -1.25. The van der Waals surface area contributed by atoms with E-state index in [1.54, 1.807) is 0 Å². The monoisotopic (exact) mass is 433 g/mol. The minimum atomic E-state index is -4.29. The van der Waals surface area contributed by atoms with E-state index in [0.29, 0.717) is 13.2 Å². The van der Waals surface area contributed by atoms with Crippen molar-refractivity contribution in [2.24, 2.45) is 0 Å². The second-order valence-electron chi connectivity index (χ2n) is 6.24. The van der Waals surface area contributed by atoms with Crippen LogP contribution in [0.15, 0.2) is 9.59 Å². The second-order valence-corrected chi connectivity index (χ2v) is 8.91. The Labute approximate surface area is 181 Å². The van der Waals surface area contributed by atoms with Gasteiger partial charge in [0.25, 0.3) is 0 Å². The van der Waals surface area contributed by atoms with Crippen molar-refractivity contribution < 1.29 is 57.1 Å². The molecule has 1 aromatic rings. The molecule has 3 rings (SSSR count). The van der Waals surface area contributed by atoms with Crippen LogP contribution in [0.3, 0.4) is 0 Å². The van der Waals surface area contributed by atoms with Gasteiger partial charge in [-0.3, -0.25) is 0 Å². The largest absolute Gasteiger partial charge is 1.00 e. The van der Waals surface area contributed by atoms with Crippen LogP contribution in [0.25, 0.3) is 0 Å². The maximum atomic E-state index is 12.5. The van der Waals surface area contributed by atoms with E-state index in [0.717, 1.165) is 16.3 Å². The Morgan fingerprint density at radius 3 is 2.26 bits per heavy atom. The molecule has 14 heteroatoms. The van der Waals surface area contributed by atoms with E-state index in [1.807, 2.05) is 0 Å². The SMILES string of the molecule is O=c1n(CC2CO2)c(=O)n(CC2CO2)n1CC(O)CSCCS(=O)(=O)[O-].[Na+]. The van der Waals surface area contributed by atoms with Gasteiger partial charge in [0.1, 0.15) is 6.10 Å². The summed E-state index contributed by atoms with van der Waals surface area (Å²) in [5.41, 5.74) is -1.00. The summed E-state index contributed by atoms with van der Waals surface area (Å²) in [5.74, 6) is -0.334. The van der Waals surface area contributed by atoms with E-state index in [-0.39, 0.29) is 72.9 Å². The Balaban J connectivity index is 0.00000261. The van der Waals surface area contributed by atoms with Gasteiger partial charge in [-0.05, 0) is 0 Å². The van der Waals surface area contributed by atoms with Crippen LogP contribution in [0.2, 0.25) is 0 Å². The minimum absolute atomic E-state index is 0. The van der Waals surface area contributed by atoms with Crippen molar-refractivity contribution >= 4 is 21.9 Å². The van der Waals surface area contributed by atoms with Crippen LogP contribution in [0.4, 0.5) is 0 Å². The molecule has 148 valence electrons. The molecule has 0 aliphatic carbocycles. The molecular weight excluding hydrogens is 413 g/mol. The molecule has 0 spiro atoms. The van der Waals surface area contributed by atoms with Crippen LogP contribution < -0.4 is 40.9 Å². The fraction of sp³-hybridized carbons (Fsp3) is 0.846. The van der Waals surface area contributed by atoms with E-state index in [4.69, 9.17) is 9.47 Å². The van der Waals surface area contributed by atoms with Crippen molar-refractivity contribution in [3.05, 3.63) is 21.0 Å². The van der Waals surface area contributed by atoms with Gasteiger partial charge in [-0.1, -0.05) is 0 Å².